The molecular weight excluding hydrogens is 254 g/mol. The van der Waals surface area contributed by atoms with Crippen molar-refractivity contribution in [3.63, 3.8) is 0 Å². The number of carbonyl (C=O) groups excluding carboxylic acids is 1. The molecule has 1 aromatic rings. The maximum absolute atomic E-state index is 12.0. The number of carbonyl (C=O) groups is 1. The van der Waals surface area contributed by atoms with E-state index in [1.807, 2.05) is 6.92 Å². The van der Waals surface area contributed by atoms with Crippen molar-refractivity contribution in [2.45, 2.75) is 32.6 Å². The molecule has 1 amide bonds. The summed E-state index contributed by atoms with van der Waals surface area (Å²) in [7, 11) is 1.69. The molecule has 1 aliphatic heterocycles. The number of piperidine rings is 1. The van der Waals surface area contributed by atoms with E-state index in [4.69, 9.17) is 0 Å². The van der Waals surface area contributed by atoms with Gasteiger partial charge >= 0.3 is 0 Å². The van der Waals surface area contributed by atoms with E-state index < -0.39 is 0 Å². The fourth-order valence-corrected chi connectivity index (χ4v) is 2.57. The average molecular weight is 277 g/mol. The molecule has 110 valence electrons. The molecule has 1 aliphatic rings. The van der Waals surface area contributed by atoms with Gasteiger partial charge in [0.2, 0.25) is 5.91 Å². The van der Waals surface area contributed by atoms with Gasteiger partial charge in [-0.25, -0.2) is 0 Å². The van der Waals surface area contributed by atoms with Crippen LogP contribution >= 0.6 is 0 Å². The third-order valence-electron chi connectivity index (χ3n) is 3.95. The number of amides is 1. The number of rotatable bonds is 4. The molecule has 0 bridgehead atoms. The lowest BCUT2D eigenvalue weighted by Gasteiger charge is -2.22. The molecule has 20 heavy (non-hydrogen) atoms. The zero-order valence-electron chi connectivity index (χ0n) is 12.2. The Labute approximate surface area is 119 Å². The van der Waals surface area contributed by atoms with E-state index in [0.717, 1.165) is 43.6 Å². The van der Waals surface area contributed by atoms with Crippen LogP contribution in [-0.2, 0) is 11.8 Å². The fraction of sp³-hybridized carbons (Fsp3) is 0.600. The third-order valence-corrected chi connectivity index (χ3v) is 3.95. The summed E-state index contributed by atoms with van der Waals surface area (Å²) >= 11 is 0. The Kier molecular flexibility index (Phi) is 4.95. The van der Waals surface area contributed by atoms with Gasteiger partial charge in [0, 0.05) is 25.7 Å². The Hall–Kier alpha value is -1.62. The lowest BCUT2D eigenvalue weighted by molar-refractivity contribution is -0.116. The molecule has 1 aromatic heterocycles. The van der Waals surface area contributed by atoms with Crippen molar-refractivity contribution in [2.24, 2.45) is 13.0 Å². The summed E-state index contributed by atoms with van der Waals surface area (Å²) in [6.45, 7) is 3.96. The Balaban J connectivity index is 1.88. The van der Waals surface area contributed by atoms with Crippen LogP contribution < -0.4 is 16.2 Å². The summed E-state index contributed by atoms with van der Waals surface area (Å²) in [6, 6.07) is 1.54. The van der Waals surface area contributed by atoms with Crippen LogP contribution in [0.5, 0.6) is 0 Å². The average Bonchev–Trinajstić information content (AvgIpc) is 2.44. The van der Waals surface area contributed by atoms with E-state index in [1.54, 1.807) is 19.3 Å². The molecule has 0 spiro atoms. The highest BCUT2D eigenvalue weighted by molar-refractivity contribution is 5.91. The molecule has 5 heteroatoms. The minimum Gasteiger partial charge on any atom is -0.325 e. The van der Waals surface area contributed by atoms with Crippen molar-refractivity contribution in [3.05, 3.63) is 28.2 Å². The van der Waals surface area contributed by atoms with Crippen LogP contribution in [0.15, 0.2) is 17.1 Å². The van der Waals surface area contributed by atoms with Gasteiger partial charge in [0.25, 0.3) is 5.56 Å². The number of hydrogen-bond donors (Lipinski definition) is 2. The van der Waals surface area contributed by atoms with E-state index in [0.29, 0.717) is 12.3 Å². The Morgan fingerprint density at radius 2 is 2.15 bits per heavy atom. The maximum atomic E-state index is 12.0. The molecule has 0 aromatic carbocycles. The van der Waals surface area contributed by atoms with Crippen LogP contribution in [0.4, 0.5) is 5.69 Å². The molecule has 2 heterocycles. The second kappa shape index (κ2) is 6.70. The van der Waals surface area contributed by atoms with Gasteiger partial charge in [-0.3, -0.25) is 9.59 Å². The largest absolute Gasteiger partial charge is 0.325 e. The minimum atomic E-state index is -0.0600. The molecule has 1 saturated heterocycles. The second-order valence-corrected chi connectivity index (χ2v) is 5.60. The number of aromatic nitrogens is 1. The van der Waals surface area contributed by atoms with Gasteiger partial charge in [-0.05, 0) is 50.8 Å². The van der Waals surface area contributed by atoms with Gasteiger partial charge in [0.05, 0.1) is 5.69 Å². The summed E-state index contributed by atoms with van der Waals surface area (Å²) < 4.78 is 1.48. The number of nitrogens with one attached hydrogen (secondary N) is 2. The predicted octanol–water partition coefficient (Wildman–Crippen LogP) is 1.41. The van der Waals surface area contributed by atoms with E-state index in [1.165, 1.54) is 4.57 Å². The quantitative estimate of drug-likeness (QED) is 0.874. The monoisotopic (exact) mass is 277 g/mol. The number of hydrogen-bond acceptors (Lipinski definition) is 3. The summed E-state index contributed by atoms with van der Waals surface area (Å²) in [5.41, 5.74) is 1.47. The number of aryl methyl sites for hydroxylation is 2. The first-order valence-electron chi connectivity index (χ1n) is 7.24. The molecule has 0 radical (unpaired) electrons. The Bertz CT molecular complexity index is 530. The van der Waals surface area contributed by atoms with Crippen LogP contribution in [-0.4, -0.2) is 23.6 Å². The topological polar surface area (TPSA) is 63.1 Å². The zero-order chi connectivity index (χ0) is 14.5. The smallest absolute Gasteiger partial charge is 0.250 e. The summed E-state index contributed by atoms with van der Waals surface area (Å²) in [5.74, 6) is 0.688. The first-order chi connectivity index (χ1) is 9.56. The first-order valence-corrected chi connectivity index (χ1v) is 7.24. The highest BCUT2D eigenvalue weighted by Crippen LogP contribution is 2.18. The van der Waals surface area contributed by atoms with E-state index in [9.17, 15) is 9.59 Å². The van der Waals surface area contributed by atoms with Crippen molar-refractivity contribution >= 4 is 11.6 Å². The Morgan fingerprint density at radius 1 is 1.45 bits per heavy atom. The van der Waals surface area contributed by atoms with E-state index in [-0.39, 0.29) is 11.5 Å². The summed E-state index contributed by atoms with van der Waals surface area (Å²) in [5, 5.41) is 6.23. The molecule has 2 rings (SSSR count). The predicted molar refractivity (Wildman–Crippen MR) is 79.9 cm³/mol. The maximum Gasteiger partial charge on any atom is 0.250 e. The summed E-state index contributed by atoms with van der Waals surface area (Å²) in [4.78, 5) is 23.4. The second-order valence-electron chi connectivity index (χ2n) is 5.60. The number of anilines is 1. The van der Waals surface area contributed by atoms with Gasteiger partial charge in [-0.15, -0.1) is 0 Å². The van der Waals surface area contributed by atoms with Gasteiger partial charge in [0.1, 0.15) is 0 Å². The standard InChI is InChI=1S/C15H23N3O2/c1-11-9-15(20)18(2)10-13(11)17-14(19)4-3-12-5-7-16-8-6-12/h9-10,12,16H,3-8H2,1-2H3,(H,17,19). The lowest BCUT2D eigenvalue weighted by atomic mass is 9.93. The van der Waals surface area contributed by atoms with Crippen LogP contribution in [0.2, 0.25) is 0 Å². The third kappa shape index (κ3) is 3.93. The SMILES string of the molecule is Cc1cc(=O)n(C)cc1NC(=O)CCC1CCNCC1. The molecule has 5 nitrogen and oxygen atoms in total. The van der Waals surface area contributed by atoms with Gasteiger partial charge in [-0.1, -0.05) is 0 Å². The highest BCUT2D eigenvalue weighted by atomic mass is 16.1. The van der Waals surface area contributed by atoms with E-state index in [2.05, 4.69) is 10.6 Å². The van der Waals surface area contributed by atoms with Crippen LogP contribution in [0, 0.1) is 12.8 Å². The minimum absolute atomic E-state index is 0.0327. The number of pyridine rings is 1. The molecule has 0 unspecified atom stereocenters. The van der Waals surface area contributed by atoms with Gasteiger partial charge in [-0.2, -0.15) is 0 Å². The molecule has 0 aliphatic carbocycles. The highest BCUT2D eigenvalue weighted by Gasteiger charge is 2.15. The molecule has 0 saturated carbocycles. The summed E-state index contributed by atoms with van der Waals surface area (Å²) in [6.07, 6.45) is 5.49. The van der Waals surface area contributed by atoms with E-state index >= 15 is 0 Å². The van der Waals surface area contributed by atoms with Crippen LogP contribution in [0.1, 0.15) is 31.2 Å². The fourth-order valence-electron chi connectivity index (χ4n) is 2.57. The molecule has 2 N–H and O–H groups in total. The first kappa shape index (κ1) is 14.8. The normalized spacial score (nSPS) is 16.1. The Morgan fingerprint density at radius 3 is 2.85 bits per heavy atom. The van der Waals surface area contributed by atoms with Crippen LogP contribution in [0.3, 0.4) is 0 Å². The molecular formula is C15H23N3O2. The van der Waals surface area contributed by atoms with Crippen molar-refractivity contribution in [2.75, 3.05) is 18.4 Å². The molecule has 0 atom stereocenters. The van der Waals surface area contributed by atoms with Crippen molar-refractivity contribution in [1.29, 1.82) is 0 Å². The lowest BCUT2D eigenvalue weighted by Crippen LogP contribution is -2.28. The van der Waals surface area contributed by atoms with Crippen LogP contribution in [0.25, 0.3) is 0 Å². The van der Waals surface area contributed by atoms with Gasteiger partial charge < -0.3 is 15.2 Å². The van der Waals surface area contributed by atoms with Crippen molar-refractivity contribution < 1.29 is 4.79 Å². The van der Waals surface area contributed by atoms with Crippen molar-refractivity contribution in [3.8, 4) is 0 Å². The zero-order valence-corrected chi connectivity index (χ0v) is 12.2. The number of nitrogens with zero attached hydrogens (tertiary/aromatic N) is 1. The molecule has 1 fully saturated rings. The van der Waals surface area contributed by atoms with Crippen molar-refractivity contribution in [1.82, 2.24) is 9.88 Å². The van der Waals surface area contributed by atoms with Gasteiger partial charge in [0.15, 0.2) is 0 Å².